The highest BCUT2D eigenvalue weighted by Gasteiger charge is 2.28. The molecular weight excluding hydrogens is 289 g/mol. The molecule has 1 fully saturated rings. The van der Waals surface area contributed by atoms with E-state index >= 15 is 0 Å². The third kappa shape index (κ3) is 3.69. The van der Waals surface area contributed by atoms with E-state index in [1.54, 1.807) is 0 Å². The smallest absolute Gasteiger partial charge is 0.0595 e. The summed E-state index contributed by atoms with van der Waals surface area (Å²) in [6, 6.07) is 6.96. The number of rotatable bonds is 4. The standard InChI is InChI=1S/C17H25Cl2N/c1-4-16(13-8-9-14(18)15(19)10-13)20-17-7-5-6-11(2)12(17)3/h8-12,16-17,20H,4-7H2,1-3H3. The molecule has 3 heteroatoms. The number of hydrogen-bond acceptors (Lipinski definition) is 1. The maximum absolute atomic E-state index is 6.15. The predicted octanol–water partition coefficient (Wildman–Crippen LogP) is 5.86. The van der Waals surface area contributed by atoms with E-state index in [2.05, 4.69) is 32.2 Å². The molecule has 1 saturated carbocycles. The van der Waals surface area contributed by atoms with Crippen molar-refractivity contribution in [3.8, 4) is 0 Å². The quantitative estimate of drug-likeness (QED) is 0.734. The highest BCUT2D eigenvalue weighted by molar-refractivity contribution is 6.42. The second-order valence-electron chi connectivity index (χ2n) is 6.17. The number of benzene rings is 1. The SMILES string of the molecule is CCC(NC1CCCC(C)C1C)c1ccc(Cl)c(Cl)c1. The summed E-state index contributed by atoms with van der Waals surface area (Å²) in [6.45, 7) is 6.97. The zero-order valence-electron chi connectivity index (χ0n) is 12.6. The van der Waals surface area contributed by atoms with E-state index in [0.29, 0.717) is 22.1 Å². The van der Waals surface area contributed by atoms with Crippen molar-refractivity contribution in [3.05, 3.63) is 33.8 Å². The van der Waals surface area contributed by atoms with Crippen LogP contribution in [-0.2, 0) is 0 Å². The Balaban J connectivity index is 2.10. The van der Waals surface area contributed by atoms with Crippen molar-refractivity contribution in [2.45, 2.75) is 58.5 Å². The second-order valence-corrected chi connectivity index (χ2v) is 6.99. The van der Waals surface area contributed by atoms with Crippen molar-refractivity contribution < 1.29 is 0 Å². The molecule has 20 heavy (non-hydrogen) atoms. The normalized spacial score (nSPS) is 28.4. The number of hydrogen-bond donors (Lipinski definition) is 1. The Morgan fingerprint density at radius 2 is 1.95 bits per heavy atom. The van der Waals surface area contributed by atoms with Gasteiger partial charge in [-0.2, -0.15) is 0 Å². The Bertz CT molecular complexity index is 447. The van der Waals surface area contributed by atoms with Gasteiger partial charge in [-0.05, 0) is 42.4 Å². The van der Waals surface area contributed by atoms with Crippen LogP contribution in [-0.4, -0.2) is 6.04 Å². The van der Waals surface area contributed by atoms with E-state index in [-0.39, 0.29) is 0 Å². The van der Waals surface area contributed by atoms with Gasteiger partial charge in [-0.3, -0.25) is 0 Å². The molecular formula is C17H25Cl2N. The lowest BCUT2D eigenvalue weighted by molar-refractivity contribution is 0.192. The molecule has 0 heterocycles. The highest BCUT2D eigenvalue weighted by Crippen LogP contribution is 2.33. The summed E-state index contributed by atoms with van der Waals surface area (Å²) in [4.78, 5) is 0. The molecule has 1 N–H and O–H groups in total. The van der Waals surface area contributed by atoms with Gasteiger partial charge in [-0.1, -0.05) is 62.9 Å². The van der Waals surface area contributed by atoms with Crippen molar-refractivity contribution in [1.29, 1.82) is 0 Å². The van der Waals surface area contributed by atoms with E-state index in [4.69, 9.17) is 23.2 Å². The molecule has 0 amide bonds. The summed E-state index contributed by atoms with van der Waals surface area (Å²) in [6.07, 6.45) is 5.04. The zero-order chi connectivity index (χ0) is 14.7. The van der Waals surface area contributed by atoms with Gasteiger partial charge in [0.15, 0.2) is 0 Å². The first-order valence-corrected chi connectivity index (χ1v) is 8.49. The first-order chi connectivity index (χ1) is 9.52. The molecule has 0 saturated heterocycles. The summed E-state index contributed by atoms with van der Waals surface area (Å²) < 4.78 is 0. The minimum atomic E-state index is 0.363. The van der Waals surface area contributed by atoms with Crippen LogP contribution < -0.4 is 5.32 Å². The van der Waals surface area contributed by atoms with Crippen LogP contribution in [0.15, 0.2) is 18.2 Å². The highest BCUT2D eigenvalue weighted by atomic mass is 35.5. The second kappa shape index (κ2) is 7.15. The van der Waals surface area contributed by atoms with Gasteiger partial charge < -0.3 is 5.32 Å². The van der Waals surface area contributed by atoms with Gasteiger partial charge in [0.2, 0.25) is 0 Å². The van der Waals surface area contributed by atoms with E-state index in [9.17, 15) is 0 Å². The Morgan fingerprint density at radius 1 is 1.20 bits per heavy atom. The van der Waals surface area contributed by atoms with Crippen molar-refractivity contribution in [1.82, 2.24) is 5.32 Å². The van der Waals surface area contributed by atoms with Crippen LogP contribution in [0.4, 0.5) is 0 Å². The lowest BCUT2D eigenvalue weighted by Crippen LogP contribution is -2.42. The summed E-state index contributed by atoms with van der Waals surface area (Å²) in [5.41, 5.74) is 1.24. The molecule has 4 unspecified atom stereocenters. The Kier molecular flexibility index (Phi) is 5.77. The number of halogens is 2. The fourth-order valence-corrected chi connectivity index (χ4v) is 3.56. The first-order valence-electron chi connectivity index (χ1n) is 7.74. The Labute approximate surface area is 133 Å². The van der Waals surface area contributed by atoms with Crippen molar-refractivity contribution in [2.75, 3.05) is 0 Å². The fourth-order valence-electron chi connectivity index (χ4n) is 3.25. The Morgan fingerprint density at radius 3 is 2.60 bits per heavy atom. The summed E-state index contributed by atoms with van der Waals surface area (Å²) in [5.74, 6) is 1.55. The van der Waals surface area contributed by atoms with Crippen LogP contribution in [0, 0.1) is 11.8 Å². The fraction of sp³-hybridized carbons (Fsp3) is 0.647. The minimum absolute atomic E-state index is 0.363. The summed E-state index contributed by atoms with van der Waals surface area (Å²) in [7, 11) is 0. The van der Waals surface area contributed by atoms with Crippen molar-refractivity contribution in [3.63, 3.8) is 0 Å². The molecule has 112 valence electrons. The van der Waals surface area contributed by atoms with Crippen LogP contribution in [0.2, 0.25) is 10.0 Å². The maximum Gasteiger partial charge on any atom is 0.0595 e. The minimum Gasteiger partial charge on any atom is -0.307 e. The molecule has 0 radical (unpaired) electrons. The van der Waals surface area contributed by atoms with E-state index in [0.717, 1.165) is 18.3 Å². The van der Waals surface area contributed by atoms with E-state index < -0.39 is 0 Å². The van der Waals surface area contributed by atoms with Crippen LogP contribution in [0.1, 0.15) is 58.1 Å². The van der Waals surface area contributed by atoms with E-state index in [1.165, 1.54) is 24.8 Å². The molecule has 0 aromatic heterocycles. The lowest BCUT2D eigenvalue weighted by Gasteiger charge is -2.37. The molecule has 1 aliphatic rings. The largest absolute Gasteiger partial charge is 0.307 e. The molecule has 0 aliphatic heterocycles. The molecule has 2 rings (SSSR count). The van der Waals surface area contributed by atoms with Crippen molar-refractivity contribution >= 4 is 23.2 Å². The average molecular weight is 314 g/mol. The van der Waals surface area contributed by atoms with Crippen LogP contribution in [0.5, 0.6) is 0 Å². The third-order valence-corrected chi connectivity index (χ3v) is 5.62. The van der Waals surface area contributed by atoms with Gasteiger partial charge in [-0.15, -0.1) is 0 Å². The van der Waals surface area contributed by atoms with Crippen LogP contribution >= 0.6 is 23.2 Å². The molecule has 1 aromatic carbocycles. The van der Waals surface area contributed by atoms with Gasteiger partial charge in [0.05, 0.1) is 10.0 Å². The lowest BCUT2D eigenvalue weighted by atomic mass is 9.77. The van der Waals surface area contributed by atoms with Crippen LogP contribution in [0.25, 0.3) is 0 Å². The molecule has 1 aliphatic carbocycles. The van der Waals surface area contributed by atoms with Gasteiger partial charge in [0.25, 0.3) is 0 Å². The first kappa shape index (κ1) is 16.1. The van der Waals surface area contributed by atoms with Crippen LogP contribution in [0.3, 0.4) is 0 Å². The maximum atomic E-state index is 6.15. The molecule has 4 atom stereocenters. The van der Waals surface area contributed by atoms with E-state index in [1.807, 2.05) is 12.1 Å². The predicted molar refractivity (Wildman–Crippen MR) is 88.6 cm³/mol. The topological polar surface area (TPSA) is 12.0 Å². The zero-order valence-corrected chi connectivity index (χ0v) is 14.1. The van der Waals surface area contributed by atoms with Gasteiger partial charge in [-0.25, -0.2) is 0 Å². The van der Waals surface area contributed by atoms with Crippen molar-refractivity contribution in [2.24, 2.45) is 11.8 Å². The summed E-state index contributed by atoms with van der Waals surface area (Å²) in [5, 5.41) is 5.12. The average Bonchev–Trinajstić information content (AvgIpc) is 2.44. The van der Waals surface area contributed by atoms with Gasteiger partial charge in [0, 0.05) is 12.1 Å². The third-order valence-electron chi connectivity index (χ3n) is 4.88. The molecule has 0 bridgehead atoms. The summed E-state index contributed by atoms with van der Waals surface area (Å²) >= 11 is 12.2. The molecule has 0 spiro atoms. The Hall–Kier alpha value is -0.240. The van der Waals surface area contributed by atoms with Gasteiger partial charge in [0.1, 0.15) is 0 Å². The molecule has 1 nitrogen and oxygen atoms in total. The molecule has 1 aromatic rings. The van der Waals surface area contributed by atoms with Gasteiger partial charge >= 0.3 is 0 Å². The monoisotopic (exact) mass is 313 g/mol. The number of nitrogens with one attached hydrogen (secondary N) is 1.